The topological polar surface area (TPSA) is 28.0 Å². The molecule has 0 fully saturated rings. The van der Waals surface area contributed by atoms with Gasteiger partial charge in [0.1, 0.15) is 6.17 Å². The Labute approximate surface area is 85.2 Å². The summed E-state index contributed by atoms with van der Waals surface area (Å²) in [6, 6.07) is 0.421. The van der Waals surface area contributed by atoms with Crippen LogP contribution in [0.5, 0.6) is 0 Å². The third-order valence-electron chi connectivity index (χ3n) is 2.86. The van der Waals surface area contributed by atoms with Crippen LogP contribution in [-0.4, -0.2) is 29.1 Å². The Morgan fingerprint density at radius 2 is 2.07 bits per heavy atom. The summed E-state index contributed by atoms with van der Waals surface area (Å²) in [5.41, 5.74) is 2.42. The molecule has 0 spiro atoms. The number of hydrogen-bond donors (Lipinski definition) is 0. The van der Waals surface area contributed by atoms with Crippen molar-refractivity contribution in [2.24, 2.45) is 16.0 Å². The lowest BCUT2D eigenvalue weighted by Crippen LogP contribution is -2.37. The van der Waals surface area contributed by atoms with E-state index in [1.165, 1.54) is 5.57 Å². The van der Waals surface area contributed by atoms with Crippen molar-refractivity contribution >= 4 is 11.9 Å². The lowest BCUT2D eigenvalue weighted by Gasteiger charge is -2.29. The molecule has 76 valence electrons. The predicted molar refractivity (Wildman–Crippen MR) is 59.6 cm³/mol. The number of nitrogens with zero attached hydrogens (tertiary/aromatic N) is 3. The Morgan fingerprint density at radius 1 is 1.36 bits per heavy atom. The highest BCUT2D eigenvalue weighted by Gasteiger charge is 2.32. The maximum absolute atomic E-state index is 4.68. The van der Waals surface area contributed by atoms with E-state index in [2.05, 4.69) is 48.9 Å². The standard InChI is InChI=1S/C11H17N3/c1-7(2)14-11-10(6-12-14)5-8(3)9(4)13-11/h5-7,10-11H,1-4H3. The van der Waals surface area contributed by atoms with Crippen LogP contribution in [-0.2, 0) is 0 Å². The number of allylic oxidation sites excluding steroid dienone is 1. The summed E-state index contributed by atoms with van der Waals surface area (Å²) in [5.74, 6) is 0.376. The summed E-state index contributed by atoms with van der Waals surface area (Å²) in [4.78, 5) is 4.68. The second kappa shape index (κ2) is 3.23. The molecule has 3 nitrogen and oxygen atoms in total. The summed E-state index contributed by atoms with van der Waals surface area (Å²) < 4.78 is 0. The highest BCUT2D eigenvalue weighted by Crippen LogP contribution is 2.27. The van der Waals surface area contributed by atoms with E-state index in [4.69, 9.17) is 0 Å². The molecule has 14 heavy (non-hydrogen) atoms. The zero-order valence-corrected chi connectivity index (χ0v) is 9.23. The van der Waals surface area contributed by atoms with E-state index < -0.39 is 0 Å². The molecule has 2 atom stereocenters. The molecule has 0 bridgehead atoms. The highest BCUT2D eigenvalue weighted by molar-refractivity contribution is 5.99. The number of hydrazone groups is 1. The summed E-state index contributed by atoms with van der Waals surface area (Å²) in [5, 5.41) is 6.49. The molecule has 0 amide bonds. The molecule has 0 saturated heterocycles. The number of hydrogen-bond acceptors (Lipinski definition) is 3. The van der Waals surface area contributed by atoms with Gasteiger partial charge in [-0.1, -0.05) is 6.08 Å². The summed E-state index contributed by atoms with van der Waals surface area (Å²) in [7, 11) is 0. The summed E-state index contributed by atoms with van der Waals surface area (Å²) in [6.07, 6.45) is 4.47. The van der Waals surface area contributed by atoms with E-state index in [-0.39, 0.29) is 6.17 Å². The molecule has 0 aliphatic carbocycles. The highest BCUT2D eigenvalue weighted by atomic mass is 15.5. The number of rotatable bonds is 1. The van der Waals surface area contributed by atoms with Crippen LogP contribution in [0.25, 0.3) is 0 Å². The smallest absolute Gasteiger partial charge is 0.148 e. The molecule has 0 radical (unpaired) electrons. The van der Waals surface area contributed by atoms with Gasteiger partial charge in [0.2, 0.25) is 0 Å². The minimum absolute atomic E-state index is 0.207. The van der Waals surface area contributed by atoms with Crippen molar-refractivity contribution in [3.63, 3.8) is 0 Å². The van der Waals surface area contributed by atoms with Crippen LogP contribution in [0, 0.1) is 5.92 Å². The molecule has 0 saturated carbocycles. The van der Waals surface area contributed by atoms with Crippen LogP contribution in [0.1, 0.15) is 27.7 Å². The van der Waals surface area contributed by atoms with E-state index in [9.17, 15) is 0 Å². The van der Waals surface area contributed by atoms with Crippen LogP contribution < -0.4 is 0 Å². The van der Waals surface area contributed by atoms with Gasteiger partial charge >= 0.3 is 0 Å². The van der Waals surface area contributed by atoms with Crippen LogP contribution in [0.15, 0.2) is 21.7 Å². The van der Waals surface area contributed by atoms with Gasteiger partial charge in [0.05, 0.1) is 5.92 Å². The monoisotopic (exact) mass is 191 g/mol. The van der Waals surface area contributed by atoms with E-state index in [0.29, 0.717) is 12.0 Å². The SMILES string of the molecule is CC1=CC2C=NN(C(C)C)C2N=C1C. The molecule has 0 N–H and O–H groups in total. The average molecular weight is 191 g/mol. The Kier molecular flexibility index (Phi) is 2.17. The Balaban J connectivity index is 2.26. The van der Waals surface area contributed by atoms with Crippen LogP contribution >= 0.6 is 0 Å². The average Bonchev–Trinajstić information content (AvgIpc) is 2.48. The molecule has 3 heteroatoms. The molecular weight excluding hydrogens is 174 g/mol. The second-order valence-corrected chi connectivity index (χ2v) is 4.29. The zero-order chi connectivity index (χ0) is 10.3. The fraction of sp³-hybridized carbons (Fsp3) is 0.636. The molecule has 2 aliphatic rings. The van der Waals surface area contributed by atoms with E-state index >= 15 is 0 Å². The van der Waals surface area contributed by atoms with Crippen molar-refractivity contribution in [3.8, 4) is 0 Å². The quantitative estimate of drug-likeness (QED) is 0.623. The van der Waals surface area contributed by atoms with Gasteiger partial charge in [0.15, 0.2) is 0 Å². The normalized spacial score (nSPS) is 30.5. The van der Waals surface area contributed by atoms with Crippen molar-refractivity contribution < 1.29 is 0 Å². The molecule has 0 aromatic rings. The molecule has 0 aromatic carbocycles. The Hall–Kier alpha value is -1.12. The Morgan fingerprint density at radius 3 is 2.71 bits per heavy atom. The van der Waals surface area contributed by atoms with Gasteiger partial charge in [-0.2, -0.15) is 5.10 Å². The van der Waals surface area contributed by atoms with E-state index in [1.807, 2.05) is 6.21 Å². The molecule has 2 unspecified atom stereocenters. The number of fused-ring (bicyclic) bond motifs is 1. The van der Waals surface area contributed by atoms with Gasteiger partial charge < -0.3 is 0 Å². The van der Waals surface area contributed by atoms with Gasteiger partial charge in [0.25, 0.3) is 0 Å². The van der Waals surface area contributed by atoms with Gasteiger partial charge in [-0.05, 0) is 33.3 Å². The molecule has 2 aliphatic heterocycles. The molecule has 0 aromatic heterocycles. The first kappa shape index (κ1) is 9.44. The first-order valence-electron chi connectivity index (χ1n) is 5.15. The maximum Gasteiger partial charge on any atom is 0.148 e. The van der Waals surface area contributed by atoms with E-state index in [0.717, 1.165) is 5.71 Å². The lowest BCUT2D eigenvalue weighted by atomic mass is 9.99. The van der Waals surface area contributed by atoms with Crippen molar-refractivity contribution in [1.82, 2.24) is 5.01 Å². The fourth-order valence-corrected chi connectivity index (χ4v) is 1.90. The number of aliphatic imine (C=N–C) groups is 1. The second-order valence-electron chi connectivity index (χ2n) is 4.29. The summed E-state index contributed by atoms with van der Waals surface area (Å²) in [6.45, 7) is 8.48. The number of dihydropyridines is 1. The van der Waals surface area contributed by atoms with Crippen molar-refractivity contribution in [2.45, 2.75) is 39.9 Å². The van der Waals surface area contributed by atoms with Crippen molar-refractivity contribution in [2.75, 3.05) is 0 Å². The molecular formula is C11H17N3. The Bertz CT molecular complexity index is 325. The van der Waals surface area contributed by atoms with E-state index in [1.54, 1.807) is 0 Å². The van der Waals surface area contributed by atoms with Crippen molar-refractivity contribution in [3.05, 3.63) is 11.6 Å². The van der Waals surface area contributed by atoms with Gasteiger partial charge in [-0.15, -0.1) is 0 Å². The van der Waals surface area contributed by atoms with Crippen LogP contribution in [0.3, 0.4) is 0 Å². The van der Waals surface area contributed by atoms with Gasteiger partial charge in [0, 0.05) is 18.0 Å². The third-order valence-corrected chi connectivity index (χ3v) is 2.86. The zero-order valence-electron chi connectivity index (χ0n) is 9.23. The predicted octanol–water partition coefficient (Wildman–Crippen LogP) is 2.06. The molecule has 2 rings (SSSR count). The third kappa shape index (κ3) is 1.37. The summed E-state index contributed by atoms with van der Waals surface area (Å²) >= 11 is 0. The molecule has 2 heterocycles. The minimum Gasteiger partial charge on any atom is -0.270 e. The first-order chi connectivity index (χ1) is 6.59. The lowest BCUT2D eigenvalue weighted by molar-refractivity contribution is 0.173. The van der Waals surface area contributed by atoms with Gasteiger partial charge in [-0.25, -0.2) is 0 Å². The van der Waals surface area contributed by atoms with Crippen LogP contribution in [0.2, 0.25) is 0 Å². The maximum atomic E-state index is 4.68. The largest absolute Gasteiger partial charge is 0.270 e. The van der Waals surface area contributed by atoms with Crippen molar-refractivity contribution in [1.29, 1.82) is 0 Å². The first-order valence-corrected chi connectivity index (χ1v) is 5.15. The fourth-order valence-electron chi connectivity index (χ4n) is 1.90. The van der Waals surface area contributed by atoms with Gasteiger partial charge in [-0.3, -0.25) is 10.0 Å². The van der Waals surface area contributed by atoms with Crippen LogP contribution in [0.4, 0.5) is 0 Å². The minimum atomic E-state index is 0.207.